The molecule has 0 amide bonds. The van der Waals surface area contributed by atoms with Crippen LogP contribution in [-0.2, 0) is 17.0 Å². The minimum Gasteiger partial charge on any atom is -0.383 e. The Morgan fingerprint density at radius 3 is 2.71 bits per heavy atom. The maximum Gasteiger partial charge on any atom is 0.0992 e. The van der Waals surface area contributed by atoms with Gasteiger partial charge in [0, 0.05) is 32.1 Å². The standard InChI is InChI=1S/C17H22N2OS/c1-14-10-16(11-18-8-9-20-2)12-19-17(14)21-13-15-6-4-3-5-7-15/h3-7,10,12,18H,8-9,11,13H2,1-2H3. The monoisotopic (exact) mass is 302 g/mol. The topological polar surface area (TPSA) is 34.1 Å². The quantitative estimate of drug-likeness (QED) is 0.598. The van der Waals surface area contributed by atoms with Gasteiger partial charge in [-0.15, -0.1) is 11.8 Å². The third kappa shape index (κ3) is 5.50. The molecule has 1 aromatic carbocycles. The Bertz CT molecular complexity index is 546. The summed E-state index contributed by atoms with van der Waals surface area (Å²) in [6.07, 6.45) is 1.96. The van der Waals surface area contributed by atoms with E-state index in [0.29, 0.717) is 0 Å². The van der Waals surface area contributed by atoms with Crippen molar-refractivity contribution in [3.05, 3.63) is 59.3 Å². The van der Waals surface area contributed by atoms with Crippen LogP contribution in [0.1, 0.15) is 16.7 Å². The smallest absolute Gasteiger partial charge is 0.0992 e. The maximum atomic E-state index is 5.02. The lowest BCUT2D eigenvalue weighted by molar-refractivity contribution is 0.199. The molecule has 4 heteroatoms. The van der Waals surface area contributed by atoms with Crippen molar-refractivity contribution in [1.29, 1.82) is 0 Å². The van der Waals surface area contributed by atoms with Gasteiger partial charge in [-0.05, 0) is 23.6 Å². The minimum absolute atomic E-state index is 0.734. The predicted molar refractivity (Wildman–Crippen MR) is 88.6 cm³/mol. The van der Waals surface area contributed by atoms with Crippen molar-refractivity contribution >= 4 is 11.8 Å². The zero-order valence-corrected chi connectivity index (χ0v) is 13.5. The number of aryl methyl sites for hydroxylation is 1. The van der Waals surface area contributed by atoms with Crippen LogP contribution in [0.4, 0.5) is 0 Å². The number of pyridine rings is 1. The Morgan fingerprint density at radius 2 is 2.00 bits per heavy atom. The highest BCUT2D eigenvalue weighted by atomic mass is 32.2. The lowest BCUT2D eigenvalue weighted by Crippen LogP contribution is -2.18. The summed E-state index contributed by atoms with van der Waals surface area (Å²) in [4.78, 5) is 4.58. The highest BCUT2D eigenvalue weighted by Gasteiger charge is 2.03. The summed E-state index contributed by atoms with van der Waals surface area (Å²) in [6, 6.07) is 12.7. The largest absolute Gasteiger partial charge is 0.383 e. The Hall–Kier alpha value is -1.36. The fourth-order valence-electron chi connectivity index (χ4n) is 2.00. The highest BCUT2D eigenvalue weighted by Crippen LogP contribution is 2.24. The van der Waals surface area contributed by atoms with Crippen molar-refractivity contribution < 1.29 is 4.74 Å². The first-order valence-corrected chi connectivity index (χ1v) is 8.10. The number of rotatable bonds is 8. The molecule has 1 aromatic heterocycles. The van der Waals surface area contributed by atoms with Gasteiger partial charge in [-0.3, -0.25) is 0 Å². The number of thioether (sulfide) groups is 1. The number of hydrogen-bond acceptors (Lipinski definition) is 4. The summed E-state index contributed by atoms with van der Waals surface area (Å²) in [5.41, 5.74) is 3.78. The van der Waals surface area contributed by atoms with Gasteiger partial charge < -0.3 is 10.1 Å². The molecule has 3 nitrogen and oxygen atoms in total. The number of nitrogens with zero attached hydrogens (tertiary/aromatic N) is 1. The number of nitrogens with one attached hydrogen (secondary N) is 1. The molecule has 0 aliphatic carbocycles. The first-order valence-electron chi connectivity index (χ1n) is 7.11. The molecule has 0 aliphatic rings. The van der Waals surface area contributed by atoms with Gasteiger partial charge in [0.15, 0.2) is 0 Å². The Balaban J connectivity index is 1.87. The number of benzene rings is 1. The predicted octanol–water partition coefficient (Wildman–Crippen LogP) is 3.42. The van der Waals surface area contributed by atoms with E-state index in [9.17, 15) is 0 Å². The van der Waals surface area contributed by atoms with Crippen LogP contribution in [0.3, 0.4) is 0 Å². The molecular weight excluding hydrogens is 280 g/mol. The number of hydrogen-bond donors (Lipinski definition) is 1. The van der Waals surface area contributed by atoms with E-state index in [1.54, 1.807) is 18.9 Å². The van der Waals surface area contributed by atoms with Gasteiger partial charge in [0.25, 0.3) is 0 Å². The van der Waals surface area contributed by atoms with Gasteiger partial charge in [0.05, 0.1) is 11.6 Å². The fraction of sp³-hybridized carbons (Fsp3) is 0.353. The molecule has 0 radical (unpaired) electrons. The van der Waals surface area contributed by atoms with Gasteiger partial charge in [-0.2, -0.15) is 0 Å². The molecule has 0 saturated carbocycles. The van der Waals surface area contributed by atoms with E-state index in [-0.39, 0.29) is 0 Å². The van der Waals surface area contributed by atoms with Crippen molar-refractivity contribution in [2.75, 3.05) is 20.3 Å². The molecule has 2 rings (SSSR count). The van der Waals surface area contributed by atoms with Crippen LogP contribution >= 0.6 is 11.8 Å². The average Bonchev–Trinajstić information content (AvgIpc) is 2.52. The molecule has 0 fully saturated rings. The molecule has 0 unspecified atom stereocenters. The van der Waals surface area contributed by atoms with Gasteiger partial charge in [0.1, 0.15) is 0 Å². The minimum atomic E-state index is 0.734. The number of methoxy groups -OCH3 is 1. The molecule has 0 aliphatic heterocycles. The molecule has 0 bridgehead atoms. The van der Waals surface area contributed by atoms with Gasteiger partial charge in [0.2, 0.25) is 0 Å². The average molecular weight is 302 g/mol. The summed E-state index contributed by atoms with van der Waals surface area (Å²) in [5, 5.41) is 4.45. The van der Waals surface area contributed by atoms with Gasteiger partial charge in [-0.1, -0.05) is 36.4 Å². The second-order valence-corrected chi connectivity index (χ2v) is 5.87. The maximum absolute atomic E-state index is 5.02. The second-order valence-electron chi connectivity index (χ2n) is 4.91. The first-order chi connectivity index (χ1) is 10.3. The Labute approximate surface area is 131 Å². The van der Waals surface area contributed by atoms with Gasteiger partial charge >= 0.3 is 0 Å². The zero-order chi connectivity index (χ0) is 14.9. The molecule has 0 spiro atoms. The van der Waals surface area contributed by atoms with E-state index in [1.165, 1.54) is 16.7 Å². The van der Waals surface area contributed by atoms with Crippen molar-refractivity contribution in [3.63, 3.8) is 0 Å². The molecule has 1 N–H and O–H groups in total. The van der Waals surface area contributed by atoms with E-state index in [0.717, 1.165) is 30.5 Å². The van der Waals surface area contributed by atoms with E-state index in [1.807, 2.05) is 12.3 Å². The van der Waals surface area contributed by atoms with Crippen LogP contribution in [0.5, 0.6) is 0 Å². The Morgan fingerprint density at radius 1 is 1.19 bits per heavy atom. The molecule has 21 heavy (non-hydrogen) atoms. The fourth-order valence-corrected chi connectivity index (χ4v) is 2.91. The molecule has 0 atom stereocenters. The van der Waals surface area contributed by atoms with Crippen molar-refractivity contribution in [2.45, 2.75) is 24.2 Å². The lowest BCUT2D eigenvalue weighted by atomic mass is 10.2. The summed E-state index contributed by atoms with van der Waals surface area (Å²) >= 11 is 1.79. The Kier molecular flexibility index (Phi) is 6.73. The molecule has 2 aromatic rings. The van der Waals surface area contributed by atoms with E-state index >= 15 is 0 Å². The molecule has 0 saturated heterocycles. The van der Waals surface area contributed by atoms with Crippen LogP contribution in [0.25, 0.3) is 0 Å². The molecular formula is C17H22N2OS. The summed E-state index contributed by atoms with van der Waals surface area (Å²) in [6.45, 7) is 4.55. The van der Waals surface area contributed by atoms with Crippen molar-refractivity contribution in [1.82, 2.24) is 10.3 Å². The third-order valence-corrected chi connectivity index (χ3v) is 4.30. The summed E-state index contributed by atoms with van der Waals surface area (Å²) in [7, 11) is 1.71. The van der Waals surface area contributed by atoms with Crippen LogP contribution in [0.15, 0.2) is 47.6 Å². The molecule has 1 heterocycles. The lowest BCUT2D eigenvalue weighted by Gasteiger charge is -2.08. The summed E-state index contributed by atoms with van der Waals surface area (Å²) in [5.74, 6) is 0.958. The van der Waals surface area contributed by atoms with Crippen molar-refractivity contribution in [2.24, 2.45) is 0 Å². The van der Waals surface area contributed by atoms with Crippen LogP contribution in [0, 0.1) is 6.92 Å². The second kappa shape index (κ2) is 8.82. The SMILES string of the molecule is COCCNCc1cnc(SCc2ccccc2)c(C)c1. The van der Waals surface area contributed by atoms with Crippen LogP contribution in [-0.4, -0.2) is 25.2 Å². The van der Waals surface area contributed by atoms with Crippen molar-refractivity contribution in [3.8, 4) is 0 Å². The highest BCUT2D eigenvalue weighted by molar-refractivity contribution is 7.98. The third-order valence-electron chi connectivity index (χ3n) is 3.12. The van der Waals surface area contributed by atoms with Crippen LogP contribution in [0.2, 0.25) is 0 Å². The number of ether oxygens (including phenoxy) is 1. The van der Waals surface area contributed by atoms with Gasteiger partial charge in [-0.25, -0.2) is 4.98 Å². The van der Waals surface area contributed by atoms with E-state index in [4.69, 9.17) is 4.74 Å². The first kappa shape index (κ1) is 16.0. The normalized spacial score (nSPS) is 10.8. The zero-order valence-electron chi connectivity index (χ0n) is 12.6. The summed E-state index contributed by atoms with van der Waals surface area (Å²) < 4.78 is 5.02. The van der Waals surface area contributed by atoms with Crippen LogP contribution < -0.4 is 5.32 Å². The molecule has 112 valence electrons. The number of aromatic nitrogens is 1. The van der Waals surface area contributed by atoms with E-state index < -0.39 is 0 Å². The van der Waals surface area contributed by atoms with E-state index in [2.05, 4.69) is 47.6 Å².